The first kappa shape index (κ1) is 19.7. The Morgan fingerprint density at radius 1 is 1.28 bits per heavy atom. The molecular formula is C20H20N4O5. The van der Waals surface area contributed by atoms with Gasteiger partial charge in [0.05, 0.1) is 20.5 Å². The maximum Gasteiger partial charge on any atom is 0.339 e. The minimum absolute atomic E-state index is 0.0252. The van der Waals surface area contributed by atoms with Crippen molar-refractivity contribution in [3.05, 3.63) is 59.2 Å². The van der Waals surface area contributed by atoms with Crippen LogP contribution in [0.4, 0.5) is 11.8 Å². The van der Waals surface area contributed by atoms with Crippen molar-refractivity contribution in [2.45, 2.75) is 6.42 Å². The van der Waals surface area contributed by atoms with Crippen molar-refractivity contribution in [1.82, 2.24) is 9.97 Å². The number of hydrogen-bond acceptors (Lipinski definition) is 8. The van der Waals surface area contributed by atoms with Crippen LogP contribution in [0.3, 0.4) is 0 Å². The van der Waals surface area contributed by atoms with Crippen molar-refractivity contribution in [3.63, 3.8) is 0 Å². The van der Waals surface area contributed by atoms with Crippen LogP contribution in [0.5, 0.6) is 11.5 Å². The second kappa shape index (κ2) is 8.34. The summed E-state index contributed by atoms with van der Waals surface area (Å²) in [5.74, 6) is 0.277. The number of rotatable bonds is 7. The van der Waals surface area contributed by atoms with E-state index in [1.165, 1.54) is 26.6 Å². The molecule has 9 nitrogen and oxygen atoms in total. The first-order valence-corrected chi connectivity index (χ1v) is 8.53. The number of ether oxygens (including phenoxy) is 2. The largest absolute Gasteiger partial charge is 0.493 e. The average molecular weight is 396 g/mol. The number of nitrogens with two attached hydrogens (primary N) is 2. The normalized spacial score (nSPS) is 11.3. The SMILES string of the molecule is COc1cc(Cc2cnc(N)nc2N)cc(C=C(C(=O)O)c2ccco2)c1OC. The van der Waals surface area contributed by atoms with Crippen LogP contribution in [0.25, 0.3) is 11.6 Å². The quantitative estimate of drug-likeness (QED) is 0.512. The molecular weight excluding hydrogens is 376 g/mol. The summed E-state index contributed by atoms with van der Waals surface area (Å²) in [6.07, 6.45) is 4.81. The van der Waals surface area contributed by atoms with Crippen LogP contribution in [0.15, 0.2) is 41.1 Å². The lowest BCUT2D eigenvalue weighted by atomic mass is 10.0. The summed E-state index contributed by atoms with van der Waals surface area (Å²) in [5.41, 5.74) is 13.4. The molecule has 2 aromatic heterocycles. The Balaban J connectivity index is 2.11. The van der Waals surface area contributed by atoms with Crippen LogP contribution >= 0.6 is 0 Å². The van der Waals surface area contributed by atoms with Gasteiger partial charge in [-0.3, -0.25) is 0 Å². The molecule has 0 bridgehead atoms. The van der Waals surface area contributed by atoms with Gasteiger partial charge in [0, 0.05) is 23.7 Å². The van der Waals surface area contributed by atoms with Gasteiger partial charge in [-0.15, -0.1) is 0 Å². The molecule has 1 aromatic carbocycles. The van der Waals surface area contributed by atoms with Crippen molar-refractivity contribution >= 4 is 29.4 Å². The Morgan fingerprint density at radius 3 is 2.66 bits per heavy atom. The van der Waals surface area contributed by atoms with E-state index in [0.717, 1.165) is 5.56 Å². The number of aromatic nitrogens is 2. The van der Waals surface area contributed by atoms with Crippen molar-refractivity contribution in [2.24, 2.45) is 0 Å². The number of carboxylic acids is 1. The average Bonchev–Trinajstić information content (AvgIpc) is 3.21. The molecule has 0 unspecified atom stereocenters. The zero-order valence-electron chi connectivity index (χ0n) is 15.9. The predicted molar refractivity (Wildman–Crippen MR) is 107 cm³/mol. The Hall–Kier alpha value is -4.01. The first-order valence-electron chi connectivity index (χ1n) is 8.53. The highest BCUT2D eigenvalue weighted by Crippen LogP contribution is 2.36. The number of benzene rings is 1. The zero-order chi connectivity index (χ0) is 21.0. The van der Waals surface area contributed by atoms with Gasteiger partial charge in [0.1, 0.15) is 17.2 Å². The molecule has 5 N–H and O–H groups in total. The molecule has 0 saturated carbocycles. The number of hydrogen-bond donors (Lipinski definition) is 3. The van der Waals surface area contributed by atoms with Crippen LogP contribution in [0, 0.1) is 0 Å². The van der Waals surface area contributed by atoms with Crippen molar-refractivity contribution < 1.29 is 23.8 Å². The van der Waals surface area contributed by atoms with Gasteiger partial charge in [-0.25, -0.2) is 9.78 Å². The molecule has 0 amide bonds. The lowest BCUT2D eigenvalue weighted by Crippen LogP contribution is -2.05. The van der Waals surface area contributed by atoms with Gasteiger partial charge in [0.15, 0.2) is 11.5 Å². The van der Waals surface area contributed by atoms with E-state index in [0.29, 0.717) is 29.0 Å². The molecule has 2 heterocycles. The monoisotopic (exact) mass is 396 g/mol. The minimum Gasteiger partial charge on any atom is -0.493 e. The van der Waals surface area contributed by atoms with Gasteiger partial charge in [-0.1, -0.05) is 0 Å². The van der Waals surface area contributed by atoms with Crippen LogP contribution in [0.2, 0.25) is 0 Å². The highest BCUT2D eigenvalue weighted by Gasteiger charge is 2.18. The predicted octanol–water partition coefficient (Wildman–Crippen LogP) is 2.47. The van der Waals surface area contributed by atoms with Gasteiger partial charge < -0.3 is 30.5 Å². The molecule has 3 aromatic rings. The number of carbonyl (C=O) groups is 1. The number of furan rings is 1. The fourth-order valence-corrected chi connectivity index (χ4v) is 2.88. The van der Waals surface area contributed by atoms with Gasteiger partial charge in [-0.05, 0) is 35.9 Å². The number of aliphatic carboxylic acids is 1. The summed E-state index contributed by atoms with van der Waals surface area (Å²) >= 11 is 0. The molecule has 0 saturated heterocycles. The van der Waals surface area contributed by atoms with Crippen LogP contribution in [-0.4, -0.2) is 35.3 Å². The smallest absolute Gasteiger partial charge is 0.339 e. The zero-order valence-corrected chi connectivity index (χ0v) is 15.9. The molecule has 29 heavy (non-hydrogen) atoms. The van der Waals surface area contributed by atoms with E-state index in [2.05, 4.69) is 9.97 Å². The molecule has 0 atom stereocenters. The number of nitrogens with zero attached hydrogens (tertiary/aromatic N) is 2. The highest BCUT2D eigenvalue weighted by molar-refractivity contribution is 6.20. The summed E-state index contributed by atoms with van der Waals surface area (Å²) in [6, 6.07) is 6.74. The van der Waals surface area contributed by atoms with E-state index < -0.39 is 5.97 Å². The van der Waals surface area contributed by atoms with Crippen LogP contribution in [-0.2, 0) is 11.2 Å². The maximum absolute atomic E-state index is 11.8. The summed E-state index contributed by atoms with van der Waals surface area (Å²) in [6.45, 7) is 0. The van der Waals surface area contributed by atoms with E-state index in [4.69, 9.17) is 25.4 Å². The molecule has 0 radical (unpaired) electrons. The topological polar surface area (TPSA) is 147 Å². The number of nitrogen functional groups attached to an aromatic ring is 2. The summed E-state index contributed by atoms with van der Waals surface area (Å²) in [7, 11) is 2.98. The Bertz CT molecular complexity index is 1060. The van der Waals surface area contributed by atoms with E-state index in [1.54, 1.807) is 30.5 Å². The molecule has 0 spiro atoms. The second-order valence-corrected chi connectivity index (χ2v) is 6.08. The van der Waals surface area contributed by atoms with Crippen molar-refractivity contribution in [1.29, 1.82) is 0 Å². The third-order valence-electron chi connectivity index (χ3n) is 4.20. The third-order valence-corrected chi connectivity index (χ3v) is 4.20. The van der Waals surface area contributed by atoms with Gasteiger partial charge in [0.2, 0.25) is 5.95 Å². The number of carboxylic acid groups (broad SMARTS) is 1. The summed E-state index contributed by atoms with van der Waals surface area (Å²) < 4.78 is 16.1. The van der Waals surface area contributed by atoms with E-state index in [9.17, 15) is 9.90 Å². The molecule has 0 fully saturated rings. The molecule has 150 valence electrons. The Morgan fingerprint density at radius 2 is 2.07 bits per heavy atom. The highest BCUT2D eigenvalue weighted by atomic mass is 16.5. The van der Waals surface area contributed by atoms with Gasteiger partial charge in [0.25, 0.3) is 0 Å². The molecule has 0 aliphatic carbocycles. The minimum atomic E-state index is -1.14. The lowest BCUT2D eigenvalue weighted by Gasteiger charge is -2.14. The first-order chi connectivity index (χ1) is 13.9. The molecule has 3 rings (SSSR count). The van der Waals surface area contributed by atoms with Crippen molar-refractivity contribution in [3.8, 4) is 11.5 Å². The fourth-order valence-electron chi connectivity index (χ4n) is 2.88. The molecule has 0 aliphatic rings. The van der Waals surface area contributed by atoms with Crippen molar-refractivity contribution in [2.75, 3.05) is 25.7 Å². The molecule has 9 heteroatoms. The number of anilines is 2. The van der Waals surface area contributed by atoms with Gasteiger partial charge >= 0.3 is 5.97 Å². The van der Waals surface area contributed by atoms with Crippen LogP contribution < -0.4 is 20.9 Å². The van der Waals surface area contributed by atoms with E-state index >= 15 is 0 Å². The number of methoxy groups -OCH3 is 2. The maximum atomic E-state index is 11.8. The molecule has 0 aliphatic heterocycles. The lowest BCUT2D eigenvalue weighted by molar-refractivity contribution is -0.130. The van der Waals surface area contributed by atoms with Gasteiger partial charge in [-0.2, -0.15) is 4.98 Å². The van der Waals surface area contributed by atoms with Crippen LogP contribution in [0.1, 0.15) is 22.5 Å². The summed E-state index contributed by atoms with van der Waals surface area (Å²) in [5, 5.41) is 9.62. The van der Waals surface area contributed by atoms with E-state index in [-0.39, 0.29) is 23.1 Å². The summed E-state index contributed by atoms with van der Waals surface area (Å²) in [4.78, 5) is 19.7. The fraction of sp³-hybridized carbons (Fsp3) is 0.150. The van der Waals surface area contributed by atoms with E-state index in [1.807, 2.05) is 0 Å². The Kier molecular flexibility index (Phi) is 5.68. The third kappa shape index (κ3) is 4.29. The Labute approximate surface area is 166 Å². The second-order valence-electron chi connectivity index (χ2n) is 6.08. The standard InChI is InChI=1S/C20H20N4O5/c1-27-16-8-11(7-13-10-23-20(22)24-18(13)21)6-12(17(16)28-2)9-14(19(25)26)15-4-3-5-29-15/h3-6,8-10H,7H2,1-2H3,(H,25,26)(H4,21,22,23,24).